The molecule has 2 aliphatic rings. The monoisotopic (exact) mass is 549 g/mol. The van der Waals surface area contributed by atoms with Crippen molar-refractivity contribution in [2.24, 2.45) is 0 Å². The summed E-state index contributed by atoms with van der Waals surface area (Å²) in [5, 5.41) is 0. The lowest BCUT2D eigenvalue weighted by Gasteiger charge is -2.44. The Balaban J connectivity index is 1.55. The molecule has 0 saturated heterocycles. The third-order valence-corrected chi connectivity index (χ3v) is 9.77. The lowest BCUT2D eigenvalue weighted by molar-refractivity contribution is 0.295. The van der Waals surface area contributed by atoms with E-state index in [0.29, 0.717) is 30.6 Å². The highest BCUT2D eigenvalue weighted by Gasteiger charge is 2.47. The van der Waals surface area contributed by atoms with Gasteiger partial charge in [0.15, 0.2) is 0 Å². The molecule has 6 rings (SSSR count). The zero-order valence-corrected chi connectivity index (χ0v) is 26.6. The lowest BCUT2D eigenvalue weighted by Crippen LogP contribution is -2.54. The fourth-order valence-electron chi connectivity index (χ4n) is 8.10. The number of aryl methyl sites for hydroxylation is 2. The fourth-order valence-corrected chi connectivity index (χ4v) is 8.10. The quantitative estimate of drug-likeness (QED) is 0.207. The molecule has 4 aromatic carbocycles. The Morgan fingerprint density at radius 2 is 0.881 bits per heavy atom. The number of benzene rings is 4. The van der Waals surface area contributed by atoms with Crippen LogP contribution in [-0.4, -0.2) is 23.7 Å². The average Bonchev–Trinajstić information content (AvgIpc) is 3.47. The molecule has 0 radical (unpaired) electrons. The summed E-state index contributed by atoms with van der Waals surface area (Å²) in [5.41, 5.74) is 16.7. The number of allylic oxidation sites excluding steroid dienone is 2. The van der Waals surface area contributed by atoms with Crippen LogP contribution in [0.5, 0.6) is 0 Å². The highest BCUT2D eigenvalue weighted by molar-refractivity contribution is 6.62. The van der Waals surface area contributed by atoms with E-state index in [2.05, 4.69) is 157 Å². The lowest BCUT2D eigenvalue weighted by atomic mass is 9.37. The molecule has 0 spiro atoms. The molecular weight excluding hydrogens is 505 g/mol. The van der Waals surface area contributed by atoms with E-state index < -0.39 is 0 Å². The molecule has 0 amide bonds. The van der Waals surface area contributed by atoms with Gasteiger partial charge < -0.3 is 4.81 Å². The second-order valence-corrected chi connectivity index (χ2v) is 13.1. The first kappa shape index (κ1) is 28.5. The number of hydrogen-bond donors (Lipinski definition) is 0. The van der Waals surface area contributed by atoms with Crippen LogP contribution in [0.1, 0.15) is 86.6 Å². The largest absolute Gasteiger partial charge is 0.336 e. The summed E-state index contributed by atoms with van der Waals surface area (Å²) >= 11 is 0. The summed E-state index contributed by atoms with van der Waals surface area (Å²) < 4.78 is 0. The number of hydrogen-bond acceptors (Lipinski definition) is 1. The maximum atomic E-state index is 2.80. The van der Waals surface area contributed by atoms with Gasteiger partial charge in [0.25, 0.3) is 0 Å². The van der Waals surface area contributed by atoms with Crippen molar-refractivity contribution in [3.63, 3.8) is 0 Å². The maximum Gasteiger partial charge on any atom is 0.247 e. The van der Waals surface area contributed by atoms with Crippen molar-refractivity contribution in [3.8, 4) is 22.3 Å². The molecule has 0 bridgehead atoms. The molecule has 4 aromatic rings. The summed E-state index contributed by atoms with van der Waals surface area (Å²) in [6, 6.07) is 32.5. The molecular formula is C40H44BN. The number of nitrogens with zero attached hydrogens (tertiary/aromatic N) is 1. The van der Waals surface area contributed by atoms with Crippen LogP contribution in [0.3, 0.4) is 0 Å². The molecule has 0 fully saturated rings. The summed E-state index contributed by atoms with van der Waals surface area (Å²) in [7, 11) is 0. The van der Waals surface area contributed by atoms with Crippen LogP contribution in [0.4, 0.5) is 0 Å². The Bertz CT molecular complexity index is 1580. The minimum absolute atomic E-state index is 0.305. The van der Waals surface area contributed by atoms with Crippen LogP contribution in [-0.2, 0) is 0 Å². The van der Waals surface area contributed by atoms with Gasteiger partial charge in [-0.2, -0.15) is 0 Å². The molecule has 42 heavy (non-hydrogen) atoms. The fraction of sp³-hybridized carbons (Fsp3) is 0.300. The van der Waals surface area contributed by atoms with Crippen LogP contribution in [0.2, 0.25) is 0 Å². The van der Waals surface area contributed by atoms with Crippen molar-refractivity contribution in [2.75, 3.05) is 0 Å². The van der Waals surface area contributed by atoms with Crippen molar-refractivity contribution in [1.29, 1.82) is 0 Å². The Labute approximate surface area is 254 Å². The van der Waals surface area contributed by atoms with Crippen molar-refractivity contribution >= 4 is 19.0 Å². The average molecular weight is 550 g/mol. The predicted octanol–water partition coefficient (Wildman–Crippen LogP) is 10.5. The maximum absolute atomic E-state index is 2.80. The van der Waals surface area contributed by atoms with E-state index >= 15 is 0 Å². The van der Waals surface area contributed by atoms with Crippen LogP contribution in [0.25, 0.3) is 34.4 Å². The molecule has 1 nitrogen and oxygen atoms in total. The number of fused-ring (bicyclic) bond motifs is 2. The van der Waals surface area contributed by atoms with Crippen LogP contribution in [0.15, 0.2) is 96.1 Å². The van der Waals surface area contributed by atoms with E-state index in [-0.39, 0.29) is 0 Å². The van der Waals surface area contributed by atoms with Gasteiger partial charge in [-0.3, -0.25) is 0 Å². The highest BCUT2D eigenvalue weighted by Crippen LogP contribution is 2.51. The first-order valence-electron chi connectivity index (χ1n) is 15.7. The molecule has 0 aromatic heterocycles. The van der Waals surface area contributed by atoms with Gasteiger partial charge in [0.2, 0.25) is 6.85 Å². The second kappa shape index (κ2) is 11.2. The van der Waals surface area contributed by atoms with Crippen molar-refractivity contribution in [3.05, 3.63) is 129 Å². The highest BCUT2D eigenvalue weighted by atomic mass is 15.1. The van der Waals surface area contributed by atoms with E-state index in [1.807, 2.05) is 0 Å². The van der Waals surface area contributed by atoms with E-state index in [0.717, 1.165) is 0 Å². The van der Waals surface area contributed by atoms with E-state index in [1.54, 1.807) is 0 Å². The molecule has 212 valence electrons. The van der Waals surface area contributed by atoms with Crippen molar-refractivity contribution < 1.29 is 0 Å². The van der Waals surface area contributed by atoms with Crippen LogP contribution < -0.4 is 0 Å². The Hall–Kier alpha value is -3.62. The first-order valence-corrected chi connectivity index (χ1v) is 15.7. The molecule has 0 heterocycles. The summed E-state index contributed by atoms with van der Waals surface area (Å²) in [5.74, 6) is 0.630. The minimum atomic E-state index is 0.305. The SMILES string of the molecule is CC1=Cc2c(-c3ccccc3C)cccc2C1B(C1C(C)=Cc2c(-c3ccccc3C)cccc21)N(C(C)C)C(C)C. The van der Waals surface area contributed by atoms with Gasteiger partial charge in [-0.25, -0.2) is 0 Å². The smallest absolute Gasteiger partial charge is 0.247 e. The van der Waals surface area contributed by atoms with Gasteiger partial charge in [0.05, 0.1) is 0 Å². The Kier molecular flexibility index (Phi) is 7.62. The molecule has 2 aliphatic carbocycles. The summed E-state index contributed by atoms with van der Waals surface area (Å²) in [6.45, 7) is 19.0. The zero-order chi connectivity index (χ0) is 29.7. The Morgan fingerprint density at radius 3 is 1.26 bits per heavy atom. The molecule has 2 unspecified atom stereocenters. The van der Waals surface area contributed by atoms with Crippen molar-refractivity contribution in [2.45, 2.75) is 79.1 Å². The minimum Gasteiger partial charge on any atom is -0.336 e. The standard InChI is InChI=1S/C40H44BN/c1-25(2)42(26(3)4)41(39-29(7)23-37-33(19-13-21-35(37)39)31-17-11-9-15-27(31)5)40-30(8)24-38-34(20-14-22-36(38)40)32-18-12-10-16-28(32)6/h9-26,39-40H,1-8H3. The summed E-state index contributed by atoms with van der Waals surface area (Å²) in [4.78, 5) is 2.80. The molecule has 0 aliphatic heterocycles. The van der Waals surface area contributed by atoms with Crippen LogP contribution >= 0.6 is 0 Å². The molecule has 0 N–H and O–H groups in total. The number of rotatable bonds is 7. The first-order chi connectivity index (χ1) is 20.2. The van der Waals surface area contributed by atoms with E-state index in [4.69, 9.17) is 0 Å². The predicted molar refractivity (Wildman–Crippen MR) is 184 cm³/mol. The molecule has 2 heteroatoms. The van der Waals surface area contributed by atoms with Gasteiger partial charge in [0.1, 0.15) is 0 Å². The van der Waals surface area contributed by atoms with Crippen LogP contribution in [0, 0.1) is 13.8 Å². The third kappa shape index (κ3) is 4.71. The second-order valence-electron chi connectivity index (χ2n) is 13.1. The zero-order valence-electron chi connectivity index (χ0n) is 26.6. The molecule has 2 atom stereocenters. The Morgan fingerprint density at radius 1 is 0.500 bits per heavy atom. The van der Waals surface area contributed by atoms with Gasteiger partial charge in [-0.05, 0) is 95.4 Å². The van der Waals surface area contributed by atoms with Crippen molar-refractivity contribution in [1.82, 2.24) is 4.81 Å². The van der Waals surface area contributed by atoms with Gasteiger partial charge in [-0.15, -0.1) is 0 Å². The summed E-state index contributed by atoms with van der Waals surface area (Å²) in [6.07, 6.45) is 4.98. The third-order valence-electron chi connectivity index (χ3n) is 9.77. The van der Waals surface area contributed by atoms with E-state index in [1.165, 1.54) is 66.8 Å². The normalized spacial score (nSPS) is 17.5. The van der Waals surface area contributed by atoms with Gasteiger partial charge in [-0.1, -0.05) is 136 Å². The van der Waals surface area contributed by atoms with Gasteiger partial charge >= 0.3 is 0 Å². The van der Waals surface area contributed by atoms with E-state index in [9.17, 15) is 0 Å². The topological polar surface area (TPSA) is 3.24 Å². The van der Waals surface area contributed by atoms with Gasteiger partial charge in [0, 0.05) is 11.6 Å². The molecule has 0 saturated carbocycles.